The van der Waals surface area contributed by atoms with Gasteiger partial charge in [-0.3, -0.25) is 4.79 Å². The lowest BCUT2D eigenvalue weighted by molar-refractivity contribution is -0.119. The Labute approximate surface area is 167 Å². The van der Waals surface area contributed by atoms with E-state index in [0.29, 0.717) is 29.4 Å². The normalized spacial score (nSPS) is 10.7. The lowest BCUT2D eigenvalue weighted by Gasteiger charge is -2.09. The van der Waals surface area contributed by atoms with Gasteiger partial charge in [0.15, 0.2) is 5.82 Å². The van der Waals surface area contributed by atoms with Gasteiger partial charge in [-0.1, -0.05) is 6.07 Å². The maximum atomic E-state index is 13.3. The number of carbonyl (C=O) groups is 1. The summed E-state index contributed by atoms with van der Waals surface area (Å²) in [6.45, 7) is 0.629. The van der Waals surface area contributed by atoms with Crippen LogP contribution in [0.3, 0.4) is 0 Å². The number of carbonyl (C=O) groups excluding carboxylic acids is 1. The van der Waals surface area contributed by atoms with Gasteiger partial charge in [0.25, 0.3) is 0 Å². The van der Waals surface area contributed by atoms with Gasteiger partial charge in [0.2, 0.25) is 5.91 Å². The molecule has 0 aliphatic rings. The van der Waals surface area contributed by atoms with Gasteiger partial charge in [-0.25, -0.2) is 9.07 Å². The fraction of sp³-hybridized carbons (Fsp3) is 0.250. The van der Waals surface area contributed by atoms with Gasteiger partial charge in [-0.05, 0) is 42.5 Å². The standard InChI is InChI=1S/C20H21FN4O4/c1-27-10-11-29-20-23-19(14-6-8-15(21)9-7-14)25(24-20)17-5-3-4-16(12-17)22-18(26)13-28-2/h3-9,12H,10-11,13H2,1-2H3,(H,22,26). The van der Waals surface area contributed by atoms with Crippen molar-refractivity contribution >= 4 is 11.6 Å². The Morgan fingerprint density at radius 2 is 1.90 bits per heavy atom. The third-order valence-electron chi connectivity index (χ3n) is 3.86. The number of hydrogen-bond acceptors (Lipinski definition) is 6. The van der Waals surface area contributed by atoms with Crippen LogP contribution in [0.5, 0.6) is 6.01 Å². The van der Waals surface area contributed by atoms with E-state index in [2.05, 4.69) is 15.4 Å². The van der Waals surface area contributed by atoms with E-state index in [9.17, 15) is 9.18 Å². The molecule has 0 aliphatic carbocycles. The molecule has 0 saturated carbocycles. The van der Waals surface area contributed by atoms with Crippen molar-refractivity contribution in [2.75, 3.05) is 39.4 Å². The molecule has 9 heteroatoms. The Bertz CT molecular complexity index is 959. The molecule has 1 heterocycles. The molecule has 0 unspecified atom stereocenters. The van der Waals surface area contributed by atoms with Crippen molar-refractivity contribution in [2.45, 2.75) is 0 Å². The monoisotopic (exact) mass is 400 g/mol. The number of nitrogens with one attached hydrogen (secondary N) is 1. The molecule has 152 valence electrons. The Balaban J connectivity index is 1.96. The molecule has 0 saturated heterocycles. The van der Waals surface area contributed by atoms with Gasteiger partial charge in [0, 0.05) is 25.5 Å². The quantitative estimate of drug-likeness (QED) is 0.556. The van der Waals surface area contributed by atoms with Crippen LogP contribution in [0, 0.1) is 5.82 Å². The number of rotatable bonds is 9. The molecule has 29 heavy (non-hydrogen) atoms. The zero-order chi connectivity index (χ0) is 20.6. The van der Waals surface area contributed by atoms with Gasteiger partial charge >= 0.3 is 6.01 Å². The minimum absolute atomic E-state index is 0.0497. The van der Waals surface area contributed by atoms with Crippen LogP contribution < -0.4 is 10.1 Å². The second-order valence-electron chi connectivity index (χ2n) is 6.01. The number of halogens is 1. The van der Waals surface area contributed by atoms with Crippen molar-refractivity contribution in [3.05, 3.63) is 54.3 Å². The highest BCUT2D eigenvalue weighted by molar-refractivity contribution is 5.91. The fourth-order valence-electron chi connectivity index (χ4n) is 2.58. The summed E-state index contributed by atoms with van der Waals surface area (Å²) in [6, 6.07) is 13.2. The molecule has 0 radical (unpaired) electrons. The van der Waals surface area contributed by atoms with Crippen molar-refractivity contribution in [1.82, 2.24) is 14.8 Å². The van der Waals surface area contributed by atoms with Gasteiger partial charge in [0.05, 0.1) is 12.3 Å². The highest BCUT2D eigenvalue weighted by Gasteiger charge is 2.15. The average molecular weight is 400 g/mol. The number of methoxy groups -OCH3 is 2. The number of amides is 1. The summed E-state index contributed by atoms with van der Waals surface area (Å²) in [5, 5.41) is 7.15. The number of hydrogen-bond donors (Lipinski definition) is 1. The number of aromatic nitrogens is 3. The highest BCUT2D eigenvalue weighted by atomic mass is 19.1. The smallest absolute Gasteiger partial charge is 0.336 e. The van der Waals surface area contributed by atoms with Crippen molar-refractivity contribution in [3.63, 3.8) is 0 Å². The number of nitrogens with zero attached hydrogens (tertiary/aromatic N) is 3. The average Bonchev–Trinajstić information content (AvgIpc) is 3.13. The molecule has 8 nitrogen and oxygen atoms in total. The molecule has 1 aromatic heterocycles. The van der Waals surface area contributed by atoms with E-state index in [4.69, 9.17) is 14.2 Å². The molecule has 0 bridgehead atoms. The molecule has 0 aliphatic heterocycles. The predicted molar refractivity (Wildman–Crippen MR) is 105 cm³/mol. The zero-order valence-corrected chi connectivity index (χ0v) is 16.1. The van der Waals surface area contributed by atoms with Crippen molar-refractivity contribution < 1.29 is 23.4 Å². The second-order valence-corrected chi connectivity index (χ2v) is 6.01. The minimum atomic E-state index is -0.348. The first-order valence-electron chi connectivity index (χ1n) is 8.84. The van der Waals surface area contributed by atoms with E-state index in [-0.39, 0.29) is 30.9 Å². The Kier molecular flexibility index (Phi) is 6.88. The lowest BCUT2D eigenvalue weighted by atomic mass is 10.2. The zero-order valence-electron chi connectivity index (χ0n) is 16.1. The Morgan fingerprint density at radius 1 is 1.10 bits per heavy atom. The van der Waals surface area contributed by atoms with E-state index >= 15 is 0 Å². The predicted octanol–water partition coefficient (Wildman–Crippen LogP) is 2.68. The van der Waals surface area contributed by atoms with Crippen LogP contribution in [0.25, 0.3) is 17.1 Å². The third kappa shape index (κ3) is 5.37. The summed E-state index contributed by atoms with van der Waals surface area (Å²) < 4.78 is 30.3. The number of benzene rings is 2. The molecule has 2 aromatic carbocycles. The molecular weight excluding hydrogens is 379 g/mol. The van der Waals surface area contributed by atoms with E-state index in [0.717, 1.165) is 0 Å². The third-order valence-corrected chi connectivity index (χ3v) is 3.86. The van der Waals surface area contributed by atoms with Crippen LogP contribution in [0.4, 0.5) is 10.1 Å². The van der Waals surface area contributed by atoms with E-state index in [1.807, 2.05) is 6.07 Å². The van der Waals surface area contributed by atoms with Crippen molar-refractivity contribution in [1.29, 1.82) is 0 Å². The highest BCUT2D eigenvalue weighted by Crippen LogP contribution is 2.25. The van der Waals surface area contributed by atoms with Crippen molar-refractivity contribution in [2.24, 2.45) is 0 Å². The lowest BCUT2D eigenvalue weighted by Crippen LogP contribution is -2.17. The van der Waals surface area contributed by atoms with Gasteiger partial charge in [-0.2, -0.15) is 4.98 Å². The van der Waals surface area contributed by atoms with Crippen LogP contribution in [-0.4, -0.2) is 54.7 Å². The summed E-state index contributed by atoms with van der Waals surface area (Å²) in [7, 11) is 3.02. The molecule has 3 rings (SSSR count). The Hall–Kier alpha value is -3.30. The van der Waals surface area contributed by atoms with E-state index in [1.54, 1.807) is 42.1 Å². The van der Waals surface area contributed by atoms with Crippen LogP contribution >= 0.6 is 0 Å². The molecule has 0 spiro atoms. The number of anilines is 1. The SMILES string of the molecule is COCCOc1nc(-c2ccc(F)cc2)n(-c2cccc(NC(=O)COC)c2)n1. The van der Waals surface area contributed by atoms with Gasteiger partial charge in [-0.15, -0.1) is 5.10 Å². The van der Waals surface area contributed by atoms with Gasteiger partial charge < -0.3 is 19.5 Å². The number of ether oxygens (including phenoxy) is 3. The van der Waals surface area contributed by atoms with Crippen LogP contribution in [0.1, 0.15) is 0 Å². The fourth-order valence-corrected chi connectivity index (χ4v) is 2.58. The molecule has 3 aromatic rings. The molecule has 0 atom stereocenters. The van der Waals surface area contributed by atoms with Crippen LogP contribution in [0.2, 0.25) is 0 Å². The van der Waals surface area contributed by atoms with Crippen LogP contribution in [0.15, 0.2) is 48.5 Å². The minimum Gasteiger partial charge on any atom is -0.460 e. The summed E-state index contributed by atoms with van der Waals surface area (Å²) in [5.41, 5.74) is 1.88. The topological polar surface area (TPSA) is 87.5 Å². The first-order chi connectivity index (χ1) is 14.1. The second kappa shape index (κ2) is 9.76. The summed E-state index contributed by atoms with van der Waals surface area (Å²) in [5.74, 6) is -0.150. The maximum Gasteiger partial charge on any atom is 0.336 e. The maximum absolute atomic E-state index is 13.3. The largest absolute Gasteiger partial charge is 0.460 e. The molecule has 1 N–H and O–H groups in total. The molecular formula is C20H21FN4O4. The first-order valence-corrected chi connectivity index (χ1v) is 8.84. The van der Waals surface area contributed by atoms with E-state index in [1.165, 1.54) is 19.2 Å². The first kappa shape index (κ1) is 20.4. The summed E-state index contributed by atoms with van der Waals surface area (Å²) in [6.07, 6.45) is 0. The van der Waals surface area contributed by atoms with Crippen LogP contribution in [-0.2, 0) is 14.3 Å². The summed E-state index contributed by atoms with van der Waals surface area (Å²) in [4.78, 5) is 16.2. The summed E-state index contributed by atoms with van der Waals surface area (Å²) >= 11 is 0. The van der Waals surface area contributed by atoms with Gasteiger partial charge in [0.1, 0.15) is 19.0 Å². The molecule has 1 amide bonds. The van der Waals surface area contributed by atoms with Crippen molar-refractivity contribution in [3.8, 4) is 23.1 Å². The Morgan fingerprint density at radius 3 is 2.62 bits per heavy atom. The van der Waals surface area contributed by atoms with E-state index < -0.39 is 0 Å². The molecule has 0 fully saturated rings.